The minimum absolute atomic E-state index is 0.0204. The first kappa shape index (κ1) is 17.3. The summed E-state index contributed by atoms with van der Waals surface area (Å²) < 4.78 is 37.8. The van der Waals surface area contributed by atoms with Crippen LogP contribution in [0.15, 0.2) is 18.2 Å². The zero-order valence-corrected chi connectivity index (χ0v) is 11.8. The number of anilines is 1. The third kappa shape index (κ3) is 4.93. The number of aromatic carboxylic acids is 1. The standard InChI is InChI=1S/C14H18F3NO3/c1-13(2,5-6-19)8-18-11-4-3-9(14(15,16)17)7-10(11)12(20)21/h3-4,7,18-19H,5-6,8H2,1-2H3,(H,20,21). The summed E-state index contributed by atoms with van der Waals surface area (Å²) >= 11 is 0. The molecule has 1 aromatic rings. The van der Waals surface area contributed by atoms with Crippen LogP contribution in [0.3, 0.4) is 0 Å². The summed E-state index contributed by atoms with van der Waals surface area (Å²) in [5, 5.41) is 20.8. The minimum Gasteiger partial charge on any atom is -0.478 e. The largest absolute Gasteiger partial charge is 0.478 e. The SMILES string of the molecule is CC(C)(CCO)CNc1ccc(C(F)(F)F)cc1C(=O)O. The van der Waals surface area contributed by atoms with Crippen molar-refractivity contribution in [3.05, 3.63) is 29.3 Å². The first-order chi connectivity index (χ1) is 9.57. The van der Waals surface area contributed by atoms with Gasteiger partial charge in [-0.1, -0.05) is 13.8 Å². The number of halogens is 3. The molecular formula is C14H18F3NO3. The molecule has 0 amide bonds. The molecule has 0 spiro atoms. The molecule has 21 heavy (non-hydrogen) atoms. The van der Waals surface area contributed by atoms with E-state index in [0.29, 0.717) is 19.0 Å². The second kappa shape index (κ2) is 6.34. The number of hydrogen-bond donors (Lipinski definition) is 3. The van der Waals surface area contributed by atoms with Crippen LogP contribution in [0.25, 0.3) is 0 Å². The van der Waals surface area contributed by atoms with E-state index in [1.165, 1.54) is 0 Å². The number of alkyl halides is 3. The van der Waals surface area contributed by atoms with Crippen LogP contribution in [0.4, 0.5) is 18.9 Å². The number of carboxylic acids is 1. The maximum absolute atomic E-state index is 12.6. The topological polar surface area (TPSA) is 69.6 Å². The highest BCUT2D eigenvalue weighted by atomic mass is 19.4. The second-order valence-electron chi connectivity index (χ2n) is 5.55. The Kier molecular flexibility index (Phi) is 5.22. The molecule has 0 aliphatic heterocycles. The summed E-state index contributed by atoms with van der Waals surface area (Å²) in [5.41, 5.74) is -1.61. The Morgan fingerprint density at radius 1 is 1.29 bits per heavy atom. The van der Waals surface area contributed by atoms with E-state index in [-0.39, 0.29) is 17.7 Å². The lowest BCUT2D eigenvalue weighted by Crippen LogP contribution is -2.25. The van der Waals surface area contributed by atoms with Gasteiger partial charge in [-0.3, -0.25) is 0 Å². The Bertz CT molecular complexity index is 513. The predicted octanol–water partition coefficient (Wildman–Crippen LogP) is 3.22. The van der Waals surface area contributed by atoms with E-state index in [4.69, 9.17) is 10.2 Å². The Labute approximate surface area is 120 Å². The van der Waals surface area contributed by atoms with E-state index in [1.54, 1.807) is 0 Å². The molecule has 7 heteroatoms. The molecule has 118 valence electrons. The van der Waals surface area contributed by atoms with Gasteiger partial charge < -0.3 is 15.5 Å². The van der Waals surface area contributed by atoms with E-state index in [0.717, 1.165) is 12.1 Å². The fourth-order valence-electron chi connectivity index (χ4n) is 1.78. The van der Waals surface area contributed by atoms with Gasteiger partial charge in [-0.2, -0.15) is 13.2 Å². The monoisotopic (exact) mass is 305 g/mol. The van der Waals surface area contributed by atoms with Crippen molar-refractivity contribution in [2.24, 2.45) is 5.41 Å². The zero-order chi connectivity index (χ0) is 16.3. The number of rotatable bonds is 6. The molecule has 0 radical (unpaired) electrons. The van der Waals surface area contributed by atoms with Gasteiger partial charge in [-0.05, 0) is 30.0 Å². The van der Waals surface area contributed by atoms with Crippen molar-refractivity contribution < 1.29 is 28.2 Å². The molecule has 0 heterocycles. The van der Waals surface area contributed by atoms with Crippen LogP contribution in [0, 0.1) is 5.41 Å². The third-order valence-corrected chi connectivity index (χ3v) is 3.12. The first-order valence-corrected chi connectivity index (χ1v) is 6.36. The number of aliphatic hydroxyl groups is 1. The molecule has 3 N–H and O–H groups in total. The number of hydrogen-bond acceptors (Lipinski definition) is 3. The third-order valence-electron chi connectivity index (χ3n) is 3.12. The van der Waals surface area contributed by atoms with E-state index >= 15 is 0 Å². The molecule has 0 fully saturated rings. The molecule has 0 saturated heterocycles. The Morgan fingerprint density at radius 3 is 2.38 bits per heavy atom. The van der Waals surface area contributed by atoms with Gasteiger partial charge in [0, 0.05) is 18.8 Å². The molecule has 1 rings (SSSR count). The van der Waals surface area contributed by atoms with Gasteiger partial charge >= 0.3 is 12.1 Å². The average Bonchev–Trinajstić information content (AvgIpc) is 2.35. The number of carboxylic acid groups (broad SMARTS) is 1. The molecule has 0 aliphatic carbocycles. The molecule has 4 nitrogen and oxygen atoms in total. The van der Waals surface area contributed by atoms with E-state index in [9.17, 15) is 18.0 Å². The normalized spacial score (nSPS) is 12.3. The molecule has 0 saturated carbocycles. The van der Waals surface area contributed by atoms with Crippen molar-refractivity contribution in [1.29, 1.82) is 0 Å². The summed E-state index contributed by atoms with van der Waals surface area (Å²) in [7, 11) is 0. The van der Waals surface area contributed by atoms with Crippen LogP contribution in [-0.4, -0.2) is 29.3 Å². The van der Waals surface area contributed by atoms with Gasteiger partial charge in [0.1, 0.15) is 0 Å². The van der Waals surface area contributed by atoms with Crippen LogP contribution in [0.1, 0.15) is 36.2 Å². The van der Waals surface area contributed by atoms with Gasteiger partial charge in [0.25, 0.3) is 0 Å². The van der Waals surface area contributed by atoms with Crippen molar-refractivity contribution in [1.82, 2.24) is 0 Å². The smallest absolute Gasteiger partial charge is 0.416 e. The van der Waals surface area contributed by atoms with Crippen LogP contribution in [0.5, 0.6) is 0 Å². The highest BCUT2D eigenvalue weighted by Gasteiger charge is 2.32. The number of carbonyl (C=O) groups is 1. The zero-order valence-electron chi connectivity index (χ0n) is 11.8. The van der Waals surface area contributed by atoms with Crippen molar-refractivity contribution in [2.75, 3.05) is 18.5 Å². The Balaban J connectivity index is 3.00. The molecule has 1 aromatic carbocycles. The fraction of sp³-hybridized carbons (Fsp3) is 0.500. The van der Waals surface area contributed by atoms with Gasteiger partial charge in [0.05, 0.1) is 11.1 Å². The highest BCUT2D eigenvalue weighted by Crippen LogP contribution is 2.32. The van der Waals surface area contributed by atoms with Crippen molar-refractivity contribution in [2.45, 2.75) is 26.4 Å². The van der Waals surface area contributed by atoms with Crippen molar-refractivity contribution in [3.63, 3.8) is 0 Å². The summed E-state index contributed by atoms with van der Waals surface area (Å²) in [5.74, 6) is -1.43. The Hall–Kier alpha value is -1.76. The predicted molar refractivity (Wildman–Crippen MR) is 72.4 cm³/mol. The highest BCUT2D eigenvalue weighted by molar-refractivity contribution is 5.94. The second-order valence-corrected chi connectivity index (χ2v) is 5.55. The first-order valence-electron chi connectivity index (χ1n) is 6.36. The summed E-state index contributed by atoms with van der Waals surface area (Å²) in [6, 6.07) is 2.57. The summed E-state index contributed by atoms with van der Waals surface area (Å²) in [6.45, 7) is 4.04. The lowest BCUT2D eigenvalue weighted by Gasteiger charge is -2.25. The van der Waals surface area contributed by atoms with Crippen LogP contribution < -0.4 is 5.32 Å². The van der Waals surface area contributed by atoms with Crippen molar-refractivity contribution in [3.8, 4) is 0 Å². The lowest BCUT2D eigenvalue weighted by molar-refractivity contribution is -0.137. The maximum atomic E-state index is 12.6. The molecular weight excluding hydrogens is 287 g/mol. The Morgan fingerprint density at radius 2 is 1.90 bits per heavy atom. The molecule has 0 atom stereocenters. The fourth-order valence-corrected chi connectivity index (χ4v) is 1.78. The van der Waals surface area contributed by atoms with Gasteiger partial charge in [-0.15, -0.1) is 0 Å². The number of nitrogens with one attached hydrogen (secondary N) is 1. The lowest BCUT2D eigenvalue weighted by atomic mass is 9.89. The van der Waals surface area contributed by atoms with Gasteiger partial charge in [-0.25, -0.2) is 4.79 Å². The molecule has 0 aromatic heterocycles. The van der Waals surface area contributed by atoms with Crippen LogP contribution in [-0.2, 0) is 6.18 Å². The van der Waals surface area contributed by atoms with Crippen LogP contribution in [0.2, 0.25) is 0 Å². The number of aliphatic hydroxyl groups excluding tert-OH is 1. The maximum Gasteiger partial charge on any atom is 0.416 e. The quantitative estimate of drug-likeness (QED) is 0.755. The summed E-state index contributed by atoms with van der Waals surface area (Å²) in [6.07, 6.45) is -4.10. The number of benzene rings is 1. The van der Waals surface area contributed by atoms with Crippen molar-refractivity contribution >= 4 is 11.7 Å². The van der Waals surface area contributed by atoms with Gasteiger partial charge in [0.2, 0.25) is 0 Å². The minimum atomic E-state index is -4.58. The molecule has 0 aliphatic rings. The van der Waals surface area contributed by atoms with Gasteiger partial charge in [0.15, 0.2) is 0 Å². The summed E-state index contributed by atoms with van der Waals surface area (Å²) in [4.78, 5) is 11.1. The van der Waals surface area contributed by atoms with E-state index in [2.05, 4.69) is 5.32 Å². The van der Waals surface area contributed by atoms with Crippen LogP contribution >= 0.6 is 0 Å². The average molecular weight is 305 g/mol. The van der Waals surface area contributed by atoms with E-state index in [1.807, 2.05) is 13.8 Å². The van der Waals surface area contributed by atoms with E-state index < -0.39 is 23.3 Å². The molecule has 0 unspecified atom stereocenters. The molecule has 0 bridgehead atoms.